The number of halogens is 1. The van der Waals surface area contributed by atoms with Crippen LogP contribution in [0, 0.1) is 0 Å². The van der Waals surface area contributed by atoms with E-state index in [4.69, 9.17) is 16.6 Å². The minimum atomic E-state index is -0.475. The fourth-order valence-corrected chi connectivity index (χ4v) is 3.87. The third-order valence-corrected chi connectivity index (χ3v) is 5.72. The summed E-state index contributed by atoms with van der Waals surface area (Å²) >= 11 is 5.99. The molecule has 3 aromatic heterocycles. The molecule has 170 valence electrons. The second-order valence-electron chi connectivity index (χ2n) is 7.90. The number of aryl methyl sites for hydroxylation is 1. The molecule has 0 atom stereocenters. The molecule has 0 saturated heterocycles. The van der Waals surface area contributed by atoms with Crippen LogP contribution < -0.4 is 11.2 Å². The van der Waals surface area contributed by atoms with E-state index in [1.807, 2.05) is 31.2 Å². The second kappa shape index (κ2) is 9.17. The molecule has 4 rings (SSSR count). The van der Waals surface area contributed by atoms with E-state index < -0.39 is 11.2 Å². The fraction of sp³-hybridized carbons (Fsp3) is 0.250. The second-order valence-corrected chi connectivity index (χ2v) is 8.33. The van der Waals surface area contributed by atoms with Gasteiger partial charge in [0.05, 0.1) is 17.3 Å². The van der Waals surface area contributed by atoms with Gasteiger partial charge < -0.3 is 9.67 Å². The summed E-state index contributed by atoms with van der Waals surface area (Å²) < 4.78 is 4.28. The van der Waals surface area contributed by atoms with Crippen LogP contribution in [0.25, 0.3) is 28.1 Å². The molecule has 9 heteroatoms. The Hall–Kier alpha value is -3.49. The SMILES string of the molecule is C=C(C)c1cccc(-c2nc3c(c(=O)n(CCCO)c(=O)n3C)n2Cc2ccc(Cl)cn2)c1. The van der Waals surface area contributed by atoms with Crippen molar-refractivity contribution in [3.05, 3.63) is 86.3 Å². The predicted molar refractivity (Wildman–Crippen MR) is 129 cm³/mol. The lowest BCUT2D eigenvalue weighted by molar-refractivity contribution is 0.277. The number of nitrogens with zero attached hydrogens (tertiary/aromatic N) is 5. The van der Waals surface area contributed by atoms with Gasteiger partial charge in [-0.3, -0.25) is 18.9 Å². The van der Waals surface area contributed by atoms with Crippen LogP contribution in [0.5, 0.6) is 0 Å². The lowest BCUT2D eigenvalue weighted by Crippen LogP contribution is -2.40. The van der Waals surface area contributed by atoms with E-state index in [1.54, 1.807) is 29.9 Å². The van der Waals surface area contributed by atoms with Crippen molar-refractivity contribution < 1.29 is 5.11 Å². The quantitative estimate of drug-likeness (QED) is 0.452. The summed E-state index contributed by atoms with van der Waals surface area (Å²) in [6, 6.07) is 11.2. The Morgan fingerprint density at radius 2 is 1.97 bits per heavy atom. The summed E-state index contributed by atoms with van der Waals surface area (Å²) in [6.45, 7) is 6.18. The standard InChI is InChI=1S/C24H24ClN5O3/c1-15(2)16-6-4-7-17(12-16)21-27-22-20(30(21)14-19-9-8-18(25)13-26-19)23(32)29(10-5-11-31)24(33)28(22)3/h4,6-9,12-13,31H,1,5,10-11,14H2,2-3H3. The van der Waals surface area contributed by atoms with Crippen LogP contribution >= 0.6 is 11.6 Å². The first-order valence-corrected chi connectivity index (χ1v) is 10.9. The number of pyridine rings is 1. The van der Waals surface area contributed by atoms with Gasteiger partial charge in [-0.25, -0.2) is 9.78 Å². The molecule has 33 heavy (non-hydrogen) atoms. The molecule has 0 saturated carbocycles. The van der Waals surface area contributed by atoms with Gasteiger partial charge in [-0.15, -0.1) is 0 Å². The van der Waals surface area contributed by atoms with Gasteiger partial charge in [0, 0.05) is 32.0 Å². The van der Waals surface area contributed by atoms with Gasteiger partial charge >= 0.3 is 5.69 Å². The average Bonchev–Trinajstić information content (AvgIpc) is 3.18. The van der Waals surface area contributed by atoms with Crippen LogP contribution in [0.4, 0.5) is 0 Å². The topological polar surface area (TPSA) is 94.9 Å². The molecule has 3 heterocycles. The molecule has 0 aliphatic rings. The number of aliphatic hydroxyl groups is 1. The van der Waals surface area contributed by atoms with Crippen molar-refractivity contribution in [3.8, 4) is 11.4 Å². The number of benzene rings is 1. The number of aliphatic hydroxyl groups excluding tert-OH is 1. The normalized spacial score (nSPS) is 11.3. The highest BCUT2D eigenvalue weighted by Gasteiger charge is 2.22. The van der Waals surface area contributed by atoms with Crippen molar-refractivity contribution in [2.75, 3.05) is 6.61 Å². The summed E-state index contributed by atoms with van der Waals surface area (Å²) in [5, 5.41) is 9.73. The van der Waals surface area contributed by atoms with E-state index in [0.717, 1.165) is 21.3 Å². The summed E-state index contributed by atoms with van der Waals surface area (Å²) in [5.74, 6) is 0.539. The summed E-state index contributed by atoms with van der Waals surface area (Å²) in [7, 11) is 1.59. The summed E-state index contributed by atoms with van der Waals surface area (Å²) in [4.78, 5) is 35.4. The molecule has 0 unspecified atom stereocenters. The van der Waals surface area contributed by atoms with Gasteiger partial charge in [-0.05, 0) is 37.1 Å². The number of imidazole rings is 1. The van der Waals surface area contributed by atoms with E-state index in [9.17, 15) is 14.7 Å². The number of aromatic nitrogens is 5. The highest BCUT2D eigenvalue weighted by atomic mass is 35.5. The van der Waals surface area contributed by atoms with Crippen molar-refractivity contribution >= 4 is 28.3 Å². The zero-order valence-corrected chi connectivity index (χ0v) is 19.2. The Morgan fingerprint density at radius 3 is 2.64 bits per heavy atom. The minimum absolute atomic E-state index is 0.114. The van der Waals surface area contributed by atoms with Crippen LogP contribution in [0.1, 0.15) is 24.6 Å². The monoisotopic (exact) mass is 465 g/mol. The number of allylic oxidation sites excluding steroid dienone is 1. The third-order valence-electron chi connectivity index (χ3n) is 5.49. The number of hydrogen-bond donors (Lipinski definition) is 1. The largest absolute Gasteiger partial charge is 0.396 e. The third kappa shape index (κ3) is 4.27. The molecular weight excluding hydrogens is 442 g/mol. The van der Waals surface area contributed by atoms with Gasteiger partial charge in [-0.2, -0.15) is 0 Å². The number of fused-ring (bicyclic) bond motifs is 1. The maximum atomic E-state index is 13.4. The maximum Gasteiger partial charge on any atom is 0.332 e. The Morgan fingerprint density at radius 1 is 1.18 bits per heavy atom. The van der Waals surface area contributed by atoms with E-state index in [2.05, 4.69) is 11.6 Å². The van der Waals surface area contributed by atoms with Gasteiger partial charge in [0.15, 0.2) is 11.2 Å². The van der Waals surface area contributed by atoms with E-state index in [0.29, 0.717) is 28.5 Å². The van der Waals surface area contributed by atoms with Gasteiger partial charge in [0.2, 0.25) is 0 Å². The molecule has 4 aromatic rings. The lowest BCUT2D eigenvalue weighted by Gasteiger charge is -2.11. The smallest absolute Gasteiger partial charge is 0.332 e. The van der Waals surface area contributed by atoms with E-state index in [-0.39, 0.29) is 25.3 Å². The van der Waals surface area contributed by atoms with Gasteiger partial charge in [-0.1, -0.05) is 42.0 Å². The van der Waals surface area contributed by atoms with Crippen molar-refractivity contribution in [3.63, 3.8) is 0 Å². The predicted octanol–water partition coefficient (Wildman–Crippen LogP) is 3.08. The molecule has 1 aromatic carbocycles. The lowest BCUT2D eigenvalue weighted by atomic mass is 10.1. The molecule has 0 radical (unpaired) electrons. The van der Waals surface area contributed by atoms with E-state index in [1.165, 1.54) is 4.57 Å². The van der Waals surface area contributed by atoms with Crippen LogP contribution in [0.3, 0.4) is 0 Å². The molecule has 0 aliphatic heterocycles. The Kier molecular flexibility index (Phi) is 6.31. The van der Waals surface area contributed by atoms with Crippen molar-refractivity contribution in [1.29, 1.82) is 0 Å². The van der Waals surface area contributed by atoms with Crippen LogP contribution in [0.15, 0.2) is 58.8 Å². The van der Waals surface area contributed by atoms with Crippen LogP contribution in [-0.4, -0.2) is 35.4 Å². The molecule has 1 N–H and O–H groups in total. The molecule has 0 spiro atoms. The summed E-state index contributed by atoms with van der Waals surface area (Å²) in [5.41, 5.74) is 2.98. The van der Waals surface area contributed by atoms with Gasteiger partial charge in [0.1, 0.15) is 5.82 Å². The van der Waals surface area contributed by atoms with Crippen LogP contribution in [0.2, 0.25) is 5.02 Å². The Balaban J connectivity index is 2.03. The molecular formula is C24H24ClN5O3. The number of hydrogen-bond acceptors (Lipinski definition) is 5. The zero-order valence-electron chi connectivity index (χ0n) is 18.5. The molecule has 0 aliphatic carbocycles. The van der Waals surface area contributed by atoms with Crippen molar-refractivity contribution in [2.24, 2.45) is 7.05 Å². The Labute approximate surface area is 195 Å². The maximum absolute atomic E-state index is 13.4. The molecule has 0 amide bonds. The first kappa shape index (κ1) is 22.7. The van der Waals surface area contributed by atoms with Gasteiger partial charge in [0.25, 0.3) is 5.56 Å². The van der Waals surface area contributed by atoms with Crippen LogP contribution in [-0.2, 0) is 20.1 Å². The molecule has 0 bridgehead atoms. The zero-order chi connectivity index (χ0) is 23.7. The highest BCUT2D eigenvalue weighted by molar-refractivity contribution is 6.30. The minimum Gasteiger partial charge on any atom is -0.396 e. The fourth-order valence-electron chi connectivity index (χ4n) is 3.76. The molecule has 8 nitrogen and oxygen atoms in total. The van der Waals surface area contributed by atoms with E-state index >= 15 is 0 Å². The number of rotatable bonds is 7. The average molecular weight is 466 g/mol. The van der Waals surface area contributed by atoms with Crippen molar-refractivity contribution in [2.45, 2.75) is 26.4 Å². The first-order valence-electron chi connectivity index (χ1n) is 10.5. The highest BCUT2D eigenvalue weighted by Crippen LogP contribution is 2.26. The summed E-state index contributed by atoms with van der Waals surface area (Å²) in [6.07, 6.45) is 1.84. The molecule has 0 fully saturated rings. The first-order chi connectivity index (χ1) is 15.8. The van der Waals surface area contributed by atoms with Crippen molar-refractivity contribution in [1.82, 2.24) is 23.7 Å². The Bertz CT molecular complexity index is 1460.